The number of carboxylic acid groups (broad SMARTS) is 1. The Hall–Kier alpha value is -3.74. The zero-order valence-electron chi connectivity index (χ0n) is 16.7. The van der Waals surface area contributed by atoms with E-state index in [1.807, 2.05) is 6.07 Å². The maximum atomic E-state index is 11.0. The highest BCUT2D eigenvalue weighted by atomic mass is 127. The number of nitrogens with one attached hydrogen (secondary N) is 1. The molecule has 0 amide bonds. The maximum Gasteiger partial charge on any atom is 0.335 e. The third kappa shape index (κ3) is 5.91. The van der Waals surface area contributed by atoms with Crippen LogP contribution in [0.3, 0.4) is 0 Å². The van der Waals surface area contributed by atoms with Crippen LogP contribution in [-0.4, -0.2) is 34.3 Å². The Labute approximate surface area is 196 Å². The van der Waals surface area contributed by atoms with E-state index in [1.165, 1.54) is 31.4 Å². The molecule has 2 N–H and O–H groups in total. The number of benzene rings is 2. The first-order valence-electron chi connectivity index (χ1n) is 9.09. The highest BCUT2D eigenvalue weighted by Gasteiger charge is 2.12. The first-order valence-corrected chi connectivity index (χ1v) is 10.2. The summed E-state index contributed by atoms with van der Waals surface area (Å²) in [4.78, 5) is 25.0. The maximum absolute atomic E-state index is 11.0. The monoisotopic (exact) mass is 548 g/mol. The number of aromatic nitrogens is 1. The molecule has 164 valence electrons. The molecule has 0 aliphatic rings. The molecule has 3 aromatic rings. The van der Waals surface area contributed by atoms with Gasteiger partial charge in [-0.05, 0) is 64.0 Å². The Bertz CT molecular complexity index is 1150. The second-order valence-corrected chi connectivity index (χ2v) is 7.52. The van der Waals surface area contributed by atoms with E-state index in [0.29, 0.717) is 17.3 Å². The molecule has 1 heterocycles. The van der Waals surface area contributed by atoms with E-state index in [2.05, 4.69) is 38.1 Å². The fraction of sp³-hybridized carbons (Fsp3) is 0.0952. The van der Waals surface area contributed by atoms with E-state index in [1.54, 1.807) is 24.4 Å². The van der Waals surface area contributed by atoms with Crippen LogP contribution >= 0.6 is 22.6 Å². The molecule has 0 saturated carbocycles. The number of carboxylic acids is 1. The Morgan fingerprint density at radius 2 is 2.03 bits per heavy atom. The number of rotatable bonds is 9. The Kier molecular flexibility index (Phi) is 7.54. The molecular weight excluding hydrogens is 531 g/mol. The number of hydrazone groups is 1. The van der Waals surface area contributed by atoms with Crippen LogP contribution in [0, 0.1) is 13.7 Å². The summed E-state index contributed by atoms with van der Waals surface area (Å²) >= 11 is 2.12. The van der Waals surface area contributed by atoms with Crippen LogP contribution in [0.5, 0.6) is 11.5 Å². The molecule has 0 bridgehead atoms. The first kappa shape index (κ1) is 22.9. The predicted molar refractivity (Wildman–Crippen MR) is 126 cm³/mol. The van der Waals surface area contributed by atoms with Crippen molar-refractivity contribution in [2.45, 2.75) is 6.61 Å². The number of ether oxygens (including phenoxy) is 2. The van der Waals surface area contributed by atoms with Gasteiger partial charge in [-0.25, -0.2) is 9.78 Å². The van der Waals surface area contributed by atoms with Gasteiger partial charge in [-0.15, -0.1) is 0 Å². The molecule has 32 heavy (non-hydrogen) atoms. The summed E-state index contributed by atoms with van der Waals surface area (Å²) < 4.78 is 12.1. The summed E-state index contributed by atoms with van der Waals surface area (Å²) in [5.74, 6) is 0.443. The van der Waals surface area contributed by atoms with Crippen LogP contribution < -0.4 is 14.9 Å². The van der Waals surface area contributed by atoms with Crippen LogP contribution in [0.15, 0.2) is 59.8 Å². The average Bonchev–Trinajstić information content (AvgIpc) is 2.78. The fourth-order valence-electron chi connectivity index (χ4n) is 2.59. The van der Waals surface area contributed by atoms with Gasteiger partial charge in [0.25, 0.3) is 5.69 Å². The number of halogens is 1. The van der Waals surface area contributed by atoms with Crippen LogP contribution in [0.2, 0.25) is 0 Å². The average molecular weight is 548 g/mol. The highest BCUT2D eigenvalue weighted by Crippen LogP contribution is 2.34. The largest absolute Gasteiger partial charge is 0.493 e. The number of hydrogen-bond donors (Lipinski definition) is 2. The number of nitro groups is 1. The van der Waals surface area contributed by atoms with E-state index in [0.717, 1.165) is 20.9 Å². The van der Waals surface area contributed by atoms with Crippen LogP contribution in [0.1, 0.15) is 21.5 Å². The van der Waals surface area contributed by atoms with E-state index < -0.39 is 10.9 Å². The number of nitrogens with zero attached hydrogens (tertiary/aromatic N) is 3. The second-order valence-electron chi connectivity index (χ2n) is 6.35. The molecule has 0 fully saturated rings. The van der Waals surface area contributed by atoms with Gasteiger partial charge in [0.2, 0.25) is 0 Å². The summed E-state index contributed by atoms with van der Waals surface area (Å²) in [5.41, 5.74) is 4.37. The van der Waals surface area contributed by atoms with Crippen molar-refractivity contribution in [3.63, 3.8) is 0 Å². The standard InChI is InChI=1S/C21H17IN4O6/c1-31-18-9-14(10-24-25-19-7-6-16(11-23-19)26(29)30)8-17(22)20(18)32-12-13-2-4-15(5-3-13)21(27)28/h2-11H,12H2,1H3,(H,23,25)(H,27,28)/b24-10+. The van der Waals surface area contributed by atoms with Crippen molar-refractivity contribution in [1.82, 2.24) is 4.98 Å². The van der Waals surface area contributed by atoms with Gasteiger partial charge in [0.05, 0.1) is 27.4 Å². The first-order chi connectivity index (χ1) is 15.4. The van der Waals surface area contributed by atoms with Gasteiger partial charge >= 0.3 is 5.97 Å². The molecule has 1 aromatic heterocycles. The molecular formula is C21H17IN4O6. The van der Waals surface area contributed by atoms with E-state index in [9.17, 15) is 14.9 Å². The second kappa shape index (κ2) is 10.5. The predicted octanol–water partition coefficient (Wildman–Crippen LogP) is 4.33. The minimum absolute atomic E-state index is 0.104. The van der Waals surface area contributed by atoms with Gasteiger partial charge in [0, 0.05) is 6.07 Å². The van der Waals surface area contributed by atoms with Crippen molar-refractivity contribution >= 4 is 46.3 Å². The van der Waals surface area contributed by atoms with Crippen molar-refractivity contribution < 1.29 is 24.3 Å². The van der Waals surface area contributed by atoms with Crippen molar-refractivity contribution in [1.29, 1.82) is 0 Å². The zero-order chi connectivity index (χ0) is 23.1. The van der Waals surface area contributed by atoms with Gasteiger partial charge in [-0.2, -0.15) is 5.10 Å². The van der Waals surface area contributed by atoms with Gasteiger partial charge in [-0.1, -0.05) is 12.1 Å². The van der Waals surface area contributed by atoms with Crippen molar-refractivity contribution in [2.24, 2.45) is 5.10 Å². The highest BCUT2D eigenvalue weighted by molar-refractivity contribution is 14.1. The fourth-order valence-corrected chi connectivity index (χ4v) is 3.37. The molecule has 0 aliphatic heterocycles. The number of aromatic carboxylic acids is 1. The smallest absolute Gasteiger partial charge is 0.335 e. The molecule has 0 spiro atoms. The normalized spacial score (nSPS) is 10.7. The lowest BCUT2D eigenvalue weighted by Gasteiger charge is -2.13. The molecule has 0 atom stereocenters. The third-order valence-corrected chi connectivity index (χ3v) is 4.99. The number of methoxy groups -OCH3 is 1. The number of carbonyl (C=O) groups is 1. The molecule has 0 aliphatic carbocycles. The Balaban J connectivity index is 1.67. The van der Waals surface area contributed by atoms with Crippen LogP contribution in [0.25, 0.3) is 0 Å². The van der Waals surface area contributed by atoms with E-state index in [-0.39, 0.29) is 17.9 Å². The molecule has 10 nitrogen and oxygen atoms in total. The lowest BCUT2D eigenvalue weighted by molar-refractivity contribution is -0.385. The van der Waals surface area contributed by atoms with E-state index in [4.69, 9.17) is 14.6 Å². The van der Waals surface area contributed by atoms with Crippen molar-refractivity contribution in [3.05, 3.63) is 85.1 Å². The third-order valence-electron chi connectivity index (χ3n) is 4.19. The van der Waals surface area contributed by atoms with E-state index >= 15 is 0 Å². The lowest BCUT2D eigenvalue weighted by Crippen LogP contribution is -2.02. The number of hydrogen-bond acceptors (Lipinski definition) is 8. The Morgan fingerprint density at radius 1 is 1.28 bits per heavy atom. The van der Waals surface area contributed by atoms with Crippen LogP contribution in [-0.2, 0) is 6.61 Å². The summed E-state index contributed by atoms with van der Waals surface area (Å²) in [7, 11) is 1.53. The van der Waals surface area contributed by atoms with Crippen molar-refractivity contribution in [3.8, 4) is 11.5 Å². The lowest BCUT2D eigenvalue weighted by atomic mass is 10.1. The quantitative estimate of drug-likeness (QED) is 0.175. The topological polar surface area (TPSA) is 136 Å². The number of anilines is 1. The van der Waals surface area contributed by atoms with Gasteiger partial charge in [0.1, 0.15) is 18.6 Å². The Morgan fingerprint density at radius 3 is 2.62 bits per heavy atom. The molecule has 0 unspecified atom stereocenters. The summed E-state index contributed by atoms with van der Waals surface area (Å²) in [6, 6.07) is 12.8. The molecule has 0 radical (unpaired) electrons. The van der Waals surface area contributed by atoms with Crippen LogP contribution in [0.4, 0.5) is 11.5 Å². The van der Waals surface area contributed by atoms with Crippen molar-refractivity contribution in [2.75, 3.05) is 12.5 Å². The summed E-state index contributed by atoms with van der Waals surface area (Å²) in [6.45, 7) is 0.243. The van der Waals surface area contributed by atoms with Gasteiger partial charge in [0.15, 0.2) is 11.5 Å². The SMILES string of the molecule is COc1cc(/C=N/Nc2ccc([N+](=O)[O-])cn2)cc(I)c1OCc1ccc(C(=O)O)cc1. The summed E-state index contributed by atoms with van der Waals surface area (Å²) in [6.07, 6.45) is 2.70. The van der Waals surface area contributed by atoms with Gasteiger partial charge in [-0.3, -0.25) is 15.5 Å². The molecule has 2 aromatic carbocycles. The molecule has 3 rings (SSSR count). The minimum Gasteiger partial charge on any atom is -0.493 e. The minimum atomic E-state index is -0.982. The molecule has 0 saturated heterocycles. The summed E-state index contributed by atoms with van der Waals surface area (Å²) in [5, 5.41) is 23.7. The van der Waals surface area contributed by atoms with Gasteiger partial charge < -0.3 is 14.6 Å². The molecule has 11 heteroatoms. The number of pyridine rings is 1. The zero-order valence-corrected chi connectivity index (χ0v) is 18.8.